The third kappa shape index (κ3) is 2.08. The van der Waals surface area contributed by atoms with Gasteiger partial charge in [0.25, 0.3) is 0 Å². The van der Waals surface area contributed by atoms with Gasteiger partial charge in [0.05, 0.1) is 5.69 Å². The van der Waals surface area contributed by atoms with Crippen LogP contribution >= 0.6 is 0 Å². The van der Waals surface area contributed by atoms with Crippen LogP contribution in [0.4, 0.5) is 10.1 Å². The first-order valence-corrected chi connectivity index (χ1v) is 4.07. The van der Waals surface area contributed by atoms with Crippen LogP contribution in [-0.4, -0.2) is 5.78 Å². The van der Waals surface area contributed by atoms with Crippen molar-refractivity contribution in [2.75, 3.05) is 0 Å². The molecule has 0 fully saturated rings. The van der Waals surface area contributed by atoms with Gasteiger partial charge in [-0.15, -0.1) is 0 Å². The second-order valence-corrected chi connectivity index (χ2v) is 2.63. The van der Waals surface area contributed by atoms with Gasteiger partial charge in [-0.1, -0.05) is 12.0 Å². The fraction of sp³-hybridized carbons (Fsp3) is 0.222. The summed E-state index contributed by atoms with van der Waals surface area (Å²) in [6, 6.07) is 3.53. The maximum atomic E-state index is 12.7. The van der Waals surface area contributed by atoms with E-state index in [-0.39, 0.29) is 17.0 Å². The normalized spacial score (nSPS) is 9.29. The molecule has 1 aromatic carbocycles. The molecule has 1 aromatic rings. The van der Waals surface area contributed by atoms with Crippen molar-refractivity contribution < 1.29 is 9.18 Å². The van der Waals surface area contributed by atoms with Crippen LogP contribution in [0.1, 0.15) is 23.7 Å². The first-order chi connectivity index (χ1) is 6.69. The molecule has 0 unspecified atom stereocenters. The maximum absolute atomic E-state index is 12.7. The predicted octanol–water partition coefficient (Wildman–Crippen LogP) is 3.36. The molecule has 72 valence electrons. The number of benzene rings is 1. The topological polar surface area (TPSA) is 65.8 Å². The summed E-state index contributed by atoms with van der Waals surface area (Å²) >= 11 is 0. The van der Waals surface area contributed by atoms with E-state index in [0.29, 0.717) is 6.42 Å². The number of nitrogens with zero attached hydrogens (tertiary/aromatic N) is 3. The van der Waals surface area contributed by atoms with Crippen LogP contribution in [-0.2, 0) is 0 Å². The number of Topliss-reactive ketones (excluding diaryl/α,β-unsaturated/α-hetero) is 1. The van der Waals surface area contributed by atoms with Crippen molar-refractivity contribution in [1.82, 2.24) is 0 Å². The Kier molecular flexibility index (Phi) is 3.20. The Hall–Kier alpha value is -1.87. The Morgan fingerprint density at radius 1 is 1.64 bits per heavy atom. The van der Waals surface area contributed by atoms with Crippen LogP contribution in [0.3, 0.4) is 0 Å². The van der Waals surface area contributed by atoms with Gasteiger partial charge in [0.2, 0.25) is 0 Å². The summed E-state index contributed by atoms with van der Waals surface area (Å²) in [6.07, 6.45) is 0.291. The van der Waals surface area contributed by atoms with Gasteiger partial charge in [0.15, 0.2) is 5.78 Å². The first kappa shape index (κ1) is 10.2. The van der Waals surface area contributed by atoms with Crippen LogP contribution < -0.4 is 0 Å². The smallest absolute Gasteiger partial charge is 0.163 e. The van der Waals surface area contributed by atoms with E-state index in [1.54, 1.807) is 6.92 Å². The lowest BCUT2D eigenvalue weighted by Gasteiger charge is -2.01. The van der Waals surface area contributed by atoms with Gasteiger partial charge in [0.1, 0.15) is 5.82 Å². The van der Waals surface area contributed by atoms with Crippen molar-refractivity contribution in [1.29, 1.82) is 0 Å². The number of halogens is 1. The van der Waals surface area contributed by atoms with Crippen molar-refractivity contribution in [2.24, 2.45) is 5.11 Å². The number of carbonyl (C=O) groups is 1. The van der Waals surface area contributed by atoms with Gasteiger partial charge >= 0.3 is 0 Å². The minimum Gasteiger partial charge on any atom is -0.294 e. The molecule has 0 aromatic heterocycles. The van der Waals surface area contributed by atoms with Gasteiger partial charge in [-0.3, -0.25) is 4.79 Å². The van der Waals surface area contributed by atoms with Gasteiger partial charge in [-0.25, -0.2) is 4.39 Å². The van der Waals surface area contributed by atoms with E-state index < -0.39 is 5.82 Å². The number of azide groups is 1. The van der Waals surface area contributed by atoms with E-state index in [1.165, 1.54) is 12.1 Å². The zero-order chi connectivity index (χ0) is 10.6. The molecule has 0 amide bonds. The van der Waals surface area contributed by atoms with Crippen LogP contribution in [0.2, 0.25) is 0 Å². The minimum absolute atomic E-state index is 0.0411. The summed E-state index contributed by atoms with van der Waals surface area (Å²) in [5.41, 5.74) is 8.51. The quantitative estimate of drug-likeness (QED) is 0.314. The molecule has 1 rings (SSSR count). The highest BCUT2D eigenvalue weighted by molar-refractivity contribution is 6.00. The Bertz CT molecular complexity index is 411. The molecule has 4 nitrogen and oxygen atoms in total. The molecule has 14 heavy (non-hydrogen) atoms. The van der Waals surface area contributed by atoms with Crippen LogP contribution in [0, 0.1) is 5.82 Å². The number of ketones is 1. The molecule has 0 heterocycles. The highest BCUT2D eigenvalue weighted by atomic mass is 19.1. The molecule has 0 N–H and O–H groups in total. The maximum Gasteiger partial charge on any atom is 0.163 e. The van der Waals surface area contributed by atoms with E-state index in [2.05, 4.69) is 10.0 Å². The van der Waals surface area contributed by atoms with Crippen molar-refractivity contribution in [3.8, 4) is 0 Å². The lowest BCUT2D eigenvalue weighted by molar-refractivity contribution is 0.0989. The summed E-state index contributed by atoms with van der Waals surface area (Å²) in [5, 5.41) is 3.26. The molecule has 0 aliphatic carbocycles. The van der Waals surface area contributed by atoms with Gasteiger partial charge in [0, 0.05) is 16.9 Å². The largest absolute Gasteiger partial charge is 0.294 e. The van der Waals surface area contributed by atoms with E-state index in [0.717, 1.165) is 6.07 Å². The van der Waals surface area contributed by atoms with Crippen LogP contribution in [0.25, 0.3) is 10.4 Å². The second kappa shape index (κ2) is 4.39. The Balaban J connectivity index is 3.28. The van der Waals surface area contributed by atoms with Gasteiger partial charge < -0.3 is 0 Å². The minimum atomic E-state index is -0.528. The summed E-state index contributed by atoms with van der Waals surface area (Å²) in [6.45, 7) is 1.69. The van der Waals surface area contributed by atoms with Crippen molar-refractivity contribution in [3.63, 3.8) is 0 Å². The lowest BCUT2D eigenvalue weighted by Crippen LogP contribution is -1.96. The van der Waals surface area contributed by atoms with Crippen molar-refractivity contribution in [3.05, 3.63) is 40.0 Å². The molecule has 0 aliphatic heterocycles. The number of hydrogen-bond acceptors (Lipinski definition) is 2. The zero-order valence-corrected chi connectivity index (χ0v) is 7.57. The zero-order valence-electron chi connectivity index (χ0n) is 7.57. The molecule has 0 saturated carbocycles. The molecule has 0 atom stereocenters. The average molecular weight is 193 g/mol. The summed E-state index contributed by atoms with van der Waals surface area (Å²) in [5.74, 6) is -0.701. The number of carbonyl (C=O) groups excluding carboxylic acids is 1. The fourth-order valence-corrected chi connectivity index (χ4v) is 1.06. The Morgan fingerprint density at radius 3 is 2.93 bits per heavy atom. The first-order valence-electron chi connectivity index (χ1n) is 4.07. The number of rotatable bonds is 3. The van der Waals surface area contributed by atoms with Gasteiger partial charge in [-0.05, 0) is 23.7 Å². The van der Waals surface area contributed by atoms with Crippen LogP contribution in [0.15, 0.2) is 23.3 Å². The third-order valence-electron chi connectivity index (χ3n) is 1.73. The Labute approximate surface area is 80.0 Å². The van der Waals surface area contributed by atoms with Crippen molar-refractivity contribution in [2.45, 2.75) is 13.3 Å². The fourth-order valence-electron chi connectivity index (χ4n) is 1.06. The van der Waals surface area contributed by atoms with E-state index >= 15 is 0 Å². The van der Waals surface area contributed by atoms with Crippen LogP contribution in [0.5, 0.6) is 0 Å². The SMILES string of the molecule is CCC(=O)c1ccc(F)cc1N=[N+]=[N-]. The molecule has 5 heteroatoms. The predicted molar refractivity (Wildman–Crippen MR) is 49.8 cm³/mol. The molecule has 0 saturated heterocycles. The van der Waals surface area contributed by atoms with E-state index in [4.69, 9.17) is 5.53 Å². The molecular formula is C9H8FN3O. The lowest BCUT2D eigenvalue weighted by atomic mass is 10.1. The summed E-state index contributed by atoms with van der Waals surface area (Å²) in [7, 11) is 0. The van der Waals surface area contributed by atoms with E-state index in [9.17, 15) is 9.18 Å². The van der Waals surface area contributed by atoms with Crippen molar-refractivity contribution >= 4 is 11.5 Å². The molecule has 0 aliphatic rings. The average Bonchev–Trinajstić information content (AvgIpc) is 2.17. The summed E-state index contributed by atoms with van der Waals surface area (Å²) < 4.78 is 12.7. The monoisotopic (exact) mass is 193 g/mol. The Morgan fingerprint density at radius 2 is 2.36 bits per heavy atom. The molecule has 0 bridgehead atoms. The number of hydrogen-bond donors (Lipinski definition) is 0. The molecular weight excluding hydrogens is 185 g/mol. The molecule has 0 spiro atoms. The standard InChI is InChI=1S/C9H8FN3O/c1-2-9(14)7-4-3-6(10)5-8(7)12-13-11/h3-5H,2H2,1H3. The highest BCUT2D eigenvalue weighted by Crippen LogP contribution is 2.22. The third-order valence-corrected chi connectivity index (χ3v) is 1.73. The second-order valence-electron chi connectivity index (χ2n) is 2.63. The highest BCUT2D eigenvalue weighted by Gasteiger charge is 2.08. The summed E-state index contributed by atoms with van der Waals surface area (Å²) in [4.78, 5) is 13.8. The van der Waals surface area contributed by atoms with E-state index in [1.807, 2.05) is 0 Å². The molecule has 0 radical (unpaired) electrons. The van der Waals surface area contributed by atoms with Gasteiger partial charge in [-0.2, -0.15) is 0 Å².